The van der Waals surface area contributed by atoms with Crippen LogP contribution < -0.4 is 5.43 Å². The number of hydrogen-bond donors (Lipinski definition) is 1. The van der Waals surface area contributed by atoms with Crippen molar-refractivity contribution in [2.75, 3.05) is 0 Å². The van der Waals surface area contributed by atoms with E-state index in [2.05, 4.69) is 5.43 Å². The second-order valence-corrected chi connectivity index (χ2v) is 7.08. The van der Waals surface area contributed by atoms with E-state index in [1.165, 1.54) is 5.01 Å². The number of halogens is 2. The molecule has 0 unspecified atom stereocenters. The molecule has 0 fully saturated rings. The predicted octanol–water partition coefficient (Wildman–Crippen LogP) is 4.58. The highest BCUT2D eigenvalue weighted by Crippen LogP contribution is 2.21. The number of hydrazine groups is 1. The minimum atomic E-state index is -0.641. The Morgan fingerprint density at radius 3 is 2.08 bits per heavy atom. The van der Waals surface area contributed by atoms with Crippen LogP contribution in [0.1, 0.15) is 41.5 Å². The molecule has 0 aliphatic carbocycles. The number of rotatable bonds is 2. The number of benzene rings is 2. The van der Waals surface area contributed by atoms with Gasteiger partial charge in [-0.05, 0) is 57.2 Å². The van der Waals surface area contributed by atoms with E-state index < -0.39 is 11.4 Å². The van der Waals surface area contributed by atoms with Crippen LogP contribution in [0.3, 0.4) is 0 Å². The van der Waals surface area contributed by atoms with Crippen molar-refractivity contribution in [2.45, 2.75) is 26.3 Å². The molecule has 0 atom stereocenters. The van der Waals surface area contributed by atoms with Crippen molar-refractivity contribution in [3.05, 3.63) is 69.7 Å². The summed E-state index contributed by atoms with van der Waals surface area (Å²) in [6.07, 6.45) is 0. The molecule has 0 heterocycles. The van der Waals surface area contributed by atoms with Crippen LogP contribution in [-0.2, 0) is 0 Å². The standard InChI is InChI=1S/C18H18Cl2N2O2/c1-18(2,3)22(17(24)14-6-4-5-7-15(14)20)21-16(23)12-8-10-13(19)11-9-12/h4-11H,1-3H3,(H,21,23). The van der Waals surface area contributed by atoms with Gasteiger partial charge in [-0.15, -0.1) is 0 Å². The van der Waals surface area contributed by atoms with Gasteiger partial charge in [0.25, 0.3) is 11.8 Å². The Kier molecular flexibility index (Phi) is 5.52. The lowest BCUT2D eigenvalue weighted by molar-refractivity contribution is 0.0359. The smallest absolute Gasteiger partial charge is 0.267 e. The Labute approximate surface area is 151 Å². The zero-order valence-electron chi connectivity index (χ0n) is 13.6. The molecule has 0 aromatic heterocycles. The number of nitrogens with one attached hydrogen (secondary N) is 1. The summed E-state index contributed by atoms with van der Waals surface area (Å²) in [4.78, 5) is 25.3. The topological polar surface area (TPSA) is 49.4 Å². The zero-order valence-corrected chi connectivity index (χ0v) is 15.2. The van der Waals surface area contributed by atoms with E-state index in [1.54, 1.807) is 48.5 Å². The maximum atomic E-state index is 12.8. The van der Waals surface area contributed by atoms with Crippen molar-refractivity contribution in [3.8, 4) is 0 Å². The third-order valence-electron chi connectivity index (χ3n) is 3.30. The van der Waals surface area contributed by atoms with Gasteiger partial charge < -0.3 is 0 Å². The Bertz CT molecular complexity index is 752. The van der Waals surface area contributed by atoms with E-state index in [9.17, 15) is 9.59 Å². The Hall–Kier alpha value is -2.04. The molecule has 2 amide bonds. The molecular formula is C18H18Cl2N2O2. The average molecular weight is 365 g/mol. The lowest BCUT2D eigenvalue weighted by atomic mass is 10.1. The van der Waals surface area contributed by atoms with E-state index >= 15 is 0 Å². The number of carbonyl (C=O) groups is 2. The molecule has 6 heteroatoms. The molecule has 0 spiro atoms. The summed E-state index contributed by atoms with van der Waals surface area (Å²) in [7, 11) is 0. The van der Waals surface area contributed by atoms with Crippen LogP contribution in [0.25, 0.3) is 0 Å². The van der Waals surface area contributed by atoms with Crippen LogP contribution in [0.5, 0.6) is 0 Å². The summed E-state index contributed by atoms with van der Waals surface area (Å²) in [5.41, 5.74) is 2.75. The average Bonchev–Trinajstić information content (AvgIpc) is 2.52. The fourth-order valence-electron chi connectivity index (χ4n) is 2.05. The number of carbonyl (C=O) groups excluding carboxylic acids is 2. The number of amides is 2. The van der Waals surface area contributed by atoms with Gasteiger partial charge in [0.15, 0.2) is 0 Å². The minimum Gasteiger partial charge on any atom is -0.267 e. The first-order valence-electron chi connectivity index (χ1n) is 7.36. The highest BCUT2D eigenvalue weighted by molar-refractivity contribution is 6.33. The summed E-state index contributed by atoms with van der Waals surface area (Å²) in [5.74, 6) is -0.780. The van der Waals surface area contributed by atoms with Gasteiger partial charge in [-0.3, -0.25) is 15.0 Å². The van der Waals surface area contributed by atoms with Gasteiger partial charge in [0.2, 0.25) is 0 Å². The molecule has 2 aromatic rings. The van der Waals surface area contributed by atoms with E-state index in [0.29, 0.717) is 21.2 Å². The van der Waals surface area contributed by atoms with Gasteiger partial charge in [0.1, 0.15) is 0 Å². The fourth-order valence-corrected chi connectivity index (χ4v) is 2.39. The molecule has 0 radical (unpaired) electrons. The Morgan fingerprint density at radius 1 is 0.958 bits per heavy atom. The SMILES string of the molecule is CC(C)(C)N(NC(=O)c1ccc(Cl)cc1)C(=O)c1ccccc1Cl. The summed E-state index contributed by atoms with van der Waals surface area (Å²) in [6.45, 7) is 5.47. The summed E-state index contributed by atoms with van der Waals surface area (Å²) >= 11 is 11.9. The maximum absolute atomic E-state index is 12.8. The minimum absolute atomic E-state index is 0.325. The second kappa shape index (κ2) is 7.24. The molecule has 2 rings (SSSR count). The van der Waals surface area contributed by atoms with Crippen molar-refractivity contribution >= 4 is 35.0 Å². The van der Waals surface area contributed by atoms with Crippen LogP contribution in [0.2, 0.25) is 10.0 Å². The van der Waals surface area contributed by atoms with Crippen LogP contribution >= 0.6 is 23.2 Å². The van der Waals surface area contributed by atoms with Gasteiger partial charge in [-0.2, -0.15) is 0 Å². The summed E-state index contributed by atoms with van der Waals surface area (Å²) in [5, 5.41) is 2.15. The first-order valence-corrected chi connectivity index (χ1v) is 8.11. The molecule has 0 aliphatic heterocycles. The van der Waals surface area contributed by atoms with Gasteiger partial charge in [-0.25, -0.2) is 5.01 Å². The van der Waals surface area contributed by atoms with Crippen LogP contribution in [0.4, 0.5) is 0 Å². The lowest BCUT2D eigenvalue weighted by Crippen LogP contribution is -2.55. The number of nitrogens with zero attached hydrogens (tertiary/aromatic N) is 1. The van der Waals surface area contributed by atoms with Crippen molar-refractivity contribution in [2.24, 2.45) is 0 Å². The second-order valence-electron chi connectivity index (χ2n) is 6.24. The van der Waals surface area contributed by atoms with Crippen molar-refractivity contribution < 1.29 is 9.59 Å². The molecule has 24 heavy (non-hydrogen) atoms. The Balaban J connectivity index is 2.30. The van der Waals surface area contributed by atoms with Gasteiger partial charge in [0, 0.05) is 10.6 Å². The molecule has 0 saturated heterocycles. The van der Waals surface area contributed by atoms with Crippen molar-refractivity contribution in [1.29, 1.82) is 0 Å². The van der Waals surface area contributed by atoms with Gasteiger partial charge >= 0.3 is 0 Å². The summed E-state index contributed by atoms with van der Waals surface area (Å²) < 4.78 is 0. The van der Waals surface area contributed by atoms with E-state index in [1.807, 2.05) is 20.8 Å². The van der Waals surface area contributed by atoms with Crippen LogP contribution in [-0.4, -0.2) is 22.4 Å². The van der Waals surface area contributed by atoms with Crippen LogP contribution in [0, 0.1) is 0 Å². The largest absolute Gasteiger partial charge is 0.274 e. The van der Waals surface area contributed by atoms with Gasteiger partial charge in [-0.1, -0.05) is 35.3 Å². The molecule has 1 N–H and O–H groups in total. The third-order valence-corrected chi connectivity index (χ3v) is 3.88. The Morgan fingerprint density at radius 2 is 1.54 bits per heavy atom. The molecule has 0 bridgehead atoms. The van der Waals surface area contributed by atoms with Crippen LogP contribution in [0.15, 0.2) is 48.5 Å². The monoisotopic (exact) mass is 364 g/mol. The normalized spacial score (nSPS) is 11.0. The molecular weight excluding hydrogens is 347 g/mol. The first kappa shape index (κ1) is 18.3. The molecule has 4 nitrogen and oxygen atoms in total. The molecule has 0 saturated carbocycles. The summed E-state index contributed by atoms with van der Waals surface area (Å²) in [6, 6.07) is 13.2. The molecule has 2 aromatic carbocycles. The molecule has 126 valence electrons. The van der Waals surface area contributed by atoms with Gasteiger partial charge in [0.05, 0.1) is 16.1 Å². The van der Waals surface area contributed by atoms with E-state index in [-0.39, 0.29) is 5.91 Å². The van der Waals surface area contributed by atoms with E-state index in [0.717, 1.165) is 0 Å². The predicted molar refractivity (Wildman–Crippen MR) is 96.3 cm³/mol. The highest BCUT2D eigenvalue weighted by Gasteiger charge is 2.30. The number of hydrogen-bond acceptors (Lipinski definition) is 2. The fraction of sp³-hybridized carbons (Fsp3) is 0.222. The van der Waals surface area contributed by atoms with Crippen molar-refractivity contribution in [3.63, 3.8) is 0 Å². The van der Waals surface area contributed by atoms with Crippen molar-refractivity contribution in [1.82, 2.24) is 10.4 Å². The third kappa shape index (κ3) is 4.28. The zero-order chi connectivity index (χ0) is 17.9. The highest BCUT2D eigenvalue weighted by atomic mass is 35.5. The molecule has 0 aliphatic rings. The van der Waals surface area contributed by atoms with E-state index in [4.69, 9.17) is 23.2 Å². The lowest BCUT2D eigenvalue weighted by Gasteiger charge is -2.35. The maximum Gasteiger partial charge on any atom is 0.274 e. The first-order chi connectivity index (χ1) is 11.2. The quantitative estimate of drug-likeness (QED) is 0.792.